The largest absolute Gasteiger partial charge is 0.497 e. The number of hydrogen-bond acceptors (Lipinski definition) is 9. The van der Waals surface area contributed by atoms with Gasteiger partial charge in [0.15, 0.2) is 17.2 Å². The lowest BCUT2D eigenvalue weighted by Crippen LogP contribution is -2.25. The number of nitrogens with zero attached hydrogens (tertiary/aromatic N) is 2. The first-order valence-electron chi connectivity index (χ1n) is 13.8. The topological polar surface area (TPSA) is 167 Å². The average molecular weight is 637 g/mol. The van der Waals surface area contributed by atoms with Gasteiger partial charge in [0.1, 0.15) is 16.4 Å². The van der Waals surface area contributed by atoms with E-state index in [2.05, 4.69) is 15.1 Å². The molecule has 0 saturated carbocycles. The molecule has 5 rings (SSSR count). The van der Waals surface area contributed by atoms with Crippen molar-refractivity contribution >= 4 is 27.6 Å². The first-order valence-corrected chi connectivity index (χ1v) is 15.2. The molecule has 2 heterocycles. The van der Waals surface area contributed by atoms with Crippen LogP contribution in [0.5, 0.6) is 28.9 Å². The molecule has 0 aliphatic carbocycles. The third kappa shape index (κ3) is 6.71. The maximum absolute atomic E-state index is 13.8. The van der Waals surface area contributed by atoms with E-state index in [0.717, 1.165) is 0 Å². The molecule has 1 aliphatic rings. The summed E-state index contributed by atoms with van der Waals surface area (Å²) in [4.78, 5) is 24.6. The second-order valence-electron chi connectivity index (χ2n) is 11.1. The molecule has 0 radical (unpaired) electrons. The van der Waals surface area contributed by atoms with Crippen molar-refractivity contribution in [1.29, 1.82) is 0 Å². The number of rotatable bonds is 10. The Bertz CT molecular complexity index is 1880. The van der Waals surface area contributed by atoms with Gasteiger partial charge in [-0.05, 0) is 87.9 Å². The monoisotopic (exact) mass is 636 g/mol. The van der Waals surface area contributed by atoms with E-state index in [1.807, 2.05) is 0 Å². The van der Waals surface area contributed by atoms with Gasteiger partial charge >= 0.3 is 5.97 Å². The molecule has 0 spiro atoms. The molecule has 4 aromatic rings. The minimum atomic E-state index is -4.29. The summed E-state index contributed by atoms with van der Waals surface area (Å²) in [7, 11) is -2.77. The fraction of sp³-hybridized carbons (Fsp3) is 0.258. The molecule has 0 saturated heterocycles. The van der Waals surface area contributed by atoms with E-state index in [0.29, 0.717) is 28.4 Å². The van der Waals surface area contributed by atoms with Crippen LogP contribution >= 0.6 is 0 Å². The van der Waals surface area contributed by atoms with Gasteiger partial charge in [-0.25, -0.2) is 22.6 Å². The number of carbonyl (C=O) groups is 2. The summed E-state index contributed by atoms with van der Waals surface area (Å²) >= 11 is 0. The summed E-state index contributed by atoms with van der Waals surface area (Å²) in [6.07, 6.45) is 0. The number of sulfonamides is 1. The van der Waals surface area contributed by atoms with E-state index in [4.69, 9.17) is 18.9 Å². The van der Waals surface area contributed by atoms with Crippen molar-refractivity contribution in [2.75, 3.05) is 19.2 Å². The van der Waals surface area contributed by atoms with Crippen LogP contribution in [0, 0.1) is 6.92 Å². The summed E-state index contributed by atoms with van der Waals surface area (Å²) in [5.74, 6) is -0.150. The first kappa shape index (κ1) is 31.3. The van der Waals surface area contributed by atoms with Crippen LogP contribution < -0.4 is 29.0 Å². The molecule has 45 heavy (non-hydrogen) atoms. The normalized spacial score (nSPS) is 12.6. The fourth-order valence-electron chi connectivity index (χ4n) is 4.50. The predicted molar refractivity (Wildman–Crippen MR) is 163 cm³/mol. The van der Waals surface area contributed by atoms with Crippen LogP contribution in [-0.2, 0) is 22.1 Å². The zero-order valence-corrected chi connectivity index (χ0v) is 26.0. The molecule has 0 unspecified atom stereocenters. The minimum absolute atomic E-state index is 0.0575. The number of fused-ring (bicyclic) bond motifs is 1. The van der Waals surface area contributed by atoms with Gasteiger partial charge in [-0.2, -0.15) is 5.10 Å². The Kier molecular flexibility index (Phi) is 8.45. The molecular formula is C31H32N4O9S. The average Bonchev–Trinajstić information content (AvgIpc) is 3.60. The van der Waals surface area contributed by atoms with Crippen molar-refractivity contribution in [3.05, 3.63) is 83.0 Å². The highest BCUT2D eigenvalue weighted by Crippen LogP contribution is 2.37. The van der Waals surface area contributed by atoms with Gasteiger partial charge < -0.3 is 29.4 Å². The molecule has 0 bridgehead atoms. The Morgan fingerprint density at radius 1 is 1.02 bits per heavy atom. The summed E-state index contributed by atoms with van der Waals surface area (Å²) in [5.41, 5.74) is 0.393. The second-order valence-corrected chi connectivity index (χ2v) is 12.9. The Hall–Kier alpha value is -5.08. The lowest BCUT2D eigenvalue weighted by molar-refractivity contribution is 0.0687. The van der Waals surface area contributed by atoms with Crippen LogP contribution in [0.1, 0.15) is 52.7 Å². The SMILES string of the molecule is COc1ccc(C(=O)Nc2ccc(Oc3c(C)c(C(=O)O)nn3C(C)(C)C)c(S(=O)(=O)NCc3ccc4c(c3)OCO4)c2)cc1. The van der Waals surface area contributed by atoms with Gasteiger partial charge in [0.2, 0.25) is 22.7 Å². The zero-order valence-electron chi connectivity index (χ0n) is 25.2. The Labute approximate surface area is 259 Å². The number of methoxy groups -OCH3 is 1. The predicted octanol–water partition coefficient (Wildman–Crippen LogP) is 4.91. The highest BCUT2D eigenvalue weighted by Gasteiger charge is 2.30. The number of aromatic carboxylic acids is 1. The smallest absolute Gasteiger partial charge is 0.356 e. The van der Waals surface area contributed by atoms with E-state index in [9.17, 15) is 23.1 Å². The number of aromatic nitrogens is 2. The van der Waals surface area contributed by atoms with Crippen LogP contribution in [0.4, 0.5) is 5.69 Å². The molecule has 1 aliphatic heterocycles. The quantitative estimate of drug-likeness (QED) is 0.218. The second kappa shape index (κ2) is 12.1. The number of carbonyl (C=O) groups excluding carboxylic acids is 1. The lowest BCUT2D eigenvalue weighted by Gasteiger charge is -2.23. The van der Waals surface area contributed by atoms with Crippen molar-refractivity contribution in [2.24, 2.45) is 0 Å². The van der Waals surface area contributed by atoms with E-state index in [1.165, 1.54) is 36.9 Å². The molecule has 14 heteroatoms. The molecule has 236 valence electrons. The minimum Gasteiger partial charge on any atom is -0.497 e. The summed E-state index contributed by atoms with van der Waals surface area (Å²) in [6.45, 7) is 6.93. The van der Waals surface area contributed by atoms with E-state index in [-0.39, 0.29) is 46.8 Å². The van der Waals surface area contributed by atoms with Crippen LogP contribution in [0.3, 0.4) is 0 Å². The molecule has 1 aromatic heterocycles. The van der Waals surface area contributed by atoms with Crippen molar-refractivity contribution in [3.63, 3.8) is 0 Å². The number of carboxylic acid groups (broad SMARTS) is 1. The molecule has 3 N–H and O–H groups in total. The fourth-order valence-corrected chi connectivity index (χ4v) is 5.66. The van der Waals surface area contributed by atoms with E-state index in [1.54, 1.807) is 63.2 Å². The van der Waals surface area contributed by atoms with Gasteiger partial charge in [-0.3, -0.25) is 4.79 Å². The number of amides is 1. The first-order chi connectivity index (χ1) is 21.3. The molecule has 13 nitrogen and oxygen atoms in total. The molecule has 0 atom stereocenters. The van der Waals surface area contributed by atoms with Crippen LogP contribution in [0.2, 0.25) is 0 Å². The van der Waals surface area contributed by atoms with E-state index >= 15 is 0 Å². The number of ether oxygens (including phenoxy) is 4. The zero-order chi connectivity index (χ0) is 32.5. The van der Waals surface area contributed by atoms with Crippen LogP contribution in [0.25, 0.3) is 0 Å². The molecule has 1 amide bonds. The van der Waals surface area contributed by atoms with Crippen molar-refractivity contribution in [3.8, 4) is 28.9 Å². The number of benzene rings is 3. The Morgan fingerprint density at radius 2 is 1.73 bits per heavy atom. The van der Waals surface area contributed by atoms with Crippen LogP contribution in [-0.4, -0.2) is 49.1 Å². The van der Waals surface area contributed by atoms with Gasteiger partial charge in [-0.1, -0.05) is 6.07 Å². The van der Waals surface area contributed by atoms with Crippen LogP contribution in [0.15, 0.2) is 65.6 Å². The summed E-state index contributed by atoms with van der Waals surface area (Å²) in [6, 6.07) is 15.6. The summed E-state index contributed by atoms with van der Waals surface area (Å²) in [5, 5.41) is 16.6. The molecular weight excluding hydrogens is 604 g/mol. The van der Waals surface area contributed by atoms with Gasteiger partial charge in [-0.15, -0.1) is 0 Å². The molecule has 0 fully saturated rings. The number of nitrogens with one attached hydrogen (secondary N) is 2. The standard InChI is InChI=1S/C31H32N4O9S/c1-18-27(30(37)38)34-35(31(2,3)4)29(18)44-24-13-9-21(33-28(36)20-7-10-22(41-5)11-8-20)15-26(24)45(39,40)32-16-19-6-12-23-25(14-19)43-17-42-23/h6-15,32H,16-17H2,1-5H3,(H,33,36)(H,37,38). The third-order valence-electron chi connectivity index (χ3n) is 6.86. The molecule has 3 aromatic carbocycles. The maximum atomic E-state index is 13.8. The van der Waals surface area contributed by atoms with Crippen molar-refractivity contribution in [1.82, 2.24) is 14.5 Å². The van der Waals surface area contributed by atoms with Gasteiger partial charge in [0.05, 0.1) is 12.6 Å². The lowest BCUT2D eigenvalue weighted by atomic mass is 10.1. The van der Waals surface area contributed by atoms with Crippen molar-refractivity contribution in [2.45, 2.75) is 44.7 Å². The van der Waals surface area contributed by atoms with Crippen molar-refractivity contribution < 1.29 is 42.1 Å². The van der Waals surface area contributed by atoms with E-state index < -0.39 is 27.4 Å². The Morgan fingerprint density at radius 3 is 2.40 bits per heavy atom. The Balaban J connectivity index is 1.51. The highest BCUT2D eigenvalue weighted by molar-refractivity contribution is 7.89. The van der Waals surface area contributed by atoms with Gasteiger partial charge in [0, 0.05) is 23.4 Å². The number of anilines is 1. The third-order valence-corrected chi connectivity index (χ3v) is 8.28. The highest BCUT2D eigenvalue weighted by atomic mass is 32.2. The number of carboxylic acids is 1. The summed E-state index contributed by atoms with van der Waals surface area (Å²) < 4.78 is 53.6. The van der Waals surface area contributed by atoms with Gasteiger partial charge in [0.25, 0.3) is 5.91 Å². The number of hydrogen-bond donors (Lipinski definition) is 3. The maximum Gasteiger partial charge on any atom is 0.356 e.